The highest BCUT2D eigenvalue weighted by molar-refractivity contribution is 7.09. The summed E-state index contributed by atoms with van der Waals surface area (Å²) in [6.07, 6.45) is 2.81. The summed E-state index contributed by atoms with van der Waals surface area (Å²) in [6, 6.07) is 5.38. The Bertz CT molecular complexity index is 787. The van der Waals surface area contributed by atoms with Crippen LogP contribution in [0.15, 0.2) is 23.6 Å². The number of aryl methyl sites for hydroxylation is 1. The molecule has 1 aromatic heterocycles. The molecule has 1 saturated heterocycles. The van der Waals surface area contributed by atoms with Crippen LogP contribution >= 0.6 is 23.7 Å². The number of amides is 2. The Morgan fingerprint density at radius 2 is 2.04 bits per heavy atom. The number of benzene rings is 1. The van der Waals surface area contributed by atoms with Crippen LogP contribution in [0.3, 0.4) is 0 Å². The molecule has 3 N–H and O–H groups in total. The summed E-state index contributed by atoms with van der Waals surface area (Å²) in [5.41, 5.74) is 8.11. The molecule has 1 aliphatic rings. The third kappa shape index (κ3) is 4.60. The van der Waals surface area contributed by atoms with Crippen LogP contribution in [0.25, 0.3) is 0 Å². The van der Waals surface area contributed by atoms with Gasteiger partial charge in [0.2, 0.25) is 0 Å². The normalized spacial score (nSPS) is 13.4. The van der Waals surface area contributed by atoms with E-state index in [1.807, 2.05) is 17.9 Å². The van der Waals surface area contributed by atoms with Crippen LogP contribution in [0.2, 0.25) is 0 Å². The van der Waals surface area contributed by atoms with Crippen LogP contribution in [-0.4, -0.2) is 41.3 Å². The number of aromatic nitrogens is 1. The van der Waals surface area contributed by atoms with Crippen LogP contribution in [0.4, 0.5) is 5.69 Å². The number of likely N-dealkylation sites (tertiary alicyclic amines) is 1. The quantitative estimate of drug-likeness (QED) is 0.816. The third-order valence-electron chi connectivity index (χ3n) is 4.26. The Morgan fingerprint density at radius 3 is 2.69 bits per heavy atom. The van der Waals surface area contributed by atoms with E-state index in [0.29, 0.717) is 29.9 Å². The lowest BCUT2D eigenvalue weighted by molar-refractivity contribution is 0.0792. The molecule has 0 spiro atoms. The van der Waals surface area contributed by atoms with Gasteiger partial charge in [-0.2, -0.15) is 0 Å². The van der Waals surface area contributed by atoms with Gasteiger partial charge in [0.1, 0.15) is 5.69 Å². The standard InChI is InChI=1S/C18H22N4O2S.ClH/c1-12-10-13(18(24)22-8-2-3-9-22)4-5-14(12)21-17(23)15-11-25-16(20-15)6-7-19;/h4-5,10-11H,2-3,6-9,19H2,1H3,(H,21,23);1H. The van der Waals surface area contributed by atoms with Gasteiger partial charge in [-0.05, 0) is 50.1 Å². The van der Waals surface area contributed by atoms with Crippen molar-refractivity contribution in [3.05, 3.63) is 45.4 Å². The highest BCUT2D eigenvalue weighted by atomic mass is 35.5. The first-order valence-electron chi connectivity index (χ1n) is 8.44. The molecule has 2 aromatic rings. The molecule has 0 radical (unpaired) electrons. The number of rotatable bonds is 5. The second kappa shape index (κ2) is 9.12. The first-order chi connectivity index (χ1) is 12.1. The lowest BCUT2D eigenvalue weighted by Gasteiger charge is -2.16. The van der Waals surface area contributed by atoms with Crippen molar-refractivity contribution in [1.82, 2.24) is 9.88 Å². The largest absolute Gasteiger partial charge is 0.339 e. The number of anilines is 1. The Balaban J connectivity index is 0.00000243. The van der Waals surface area contributed by atoms with Gasteiger partial charge in [-0.15, -0.1) is 23.7 Å². The number of carbonyl (C=O) groups excluding carboxylic acids is 2. The number of thiazole rings is 1. The number of halogens is 1. The van der Waals surface area contributed by atoms with Crippen molar-refractivity contribution < 1.29 is 9.59 Å². The van der Waals surface area contributed by atoms with Gasteiger partial charge in [-0.25, -0.2) is 4.98 Å². The molecular formula is C18H23ClN4O2S. The zero-order valence-electron chi connectivity index (χ0n) is 14.7. The van der Waals surface area contributed by atoms with Crippen molar-refractivity contribution in [3.8, 4) is 0 Å². The zero-order chi connectivity index (χ0) is 17.8. The molecule has 0 aliphatic carbocycles. The van der Waals surface area contributed by atoms with Gasteiger partial charge in [0, 0.05) is 36.1 Å². The molecule has 0 atom stereocenters. The lowest BCUT2D eigenvalue weighted by Crippen LogP contribution is -2.27. The van der Waals surface area contributed by atoms with E-state index in [1.54, 1.807) is 17.5 Å². The molecule has 1 aliphatic heterocycles. The molecule has 1 fully saturated rings. The van der Waals surface area contributed by atoms with Crippen molar-refractivity contribution in [2.24, 2.45) is 5.73 Å². The Hall–Kier alpha value is -1.96. The Labute approximate surface area is 163 Å². The highest BCUT2D eigenvalue weighted by Gasteiger charge is 2.20. The Morgan fingerprint density at radius 1 is 1.31 bits per heavy atom. The fourth-order valence-electron chi connectivity index (χ4n) is 2.88. The van der Waals surface area contributed by atoms with E-state index in [-0.39, 0.29) is 24.2 Å². The molecular weight excluding hydrogens is 372 g/mol. The molecule has 2 heterocycles. The average Bonchev–Trinajstić information content (AvgIpc) is 3.28. The van der Waals surface area contributed by atoms with Crippen LogP contribution in [0.1, 0.15) is 44.3 Å². The predicted molar refractivity (Wildman–Crippen MR) is 106 cm³/mol. The van der Waals surface area contributed by atoms with E-state index < -0.39 is 0 Å². The summed E-state index contributed by atoms with van der Waals surface area (Å²) in [4.78, 5) is 30.9. The van der Waals surface area contributed by atoms with Crippen LogP contribution in [0.5, 0.6) is 0 Å². The van der Waals surface area contributed by atoms with Crippen molar-refractivity contribution in [2.45, 2.75) is 26.2 Å². The number of nitrogens with two attached hydrogens (primary N) is 1. The fraction of sp³-hybridized carbons (Fsp3) is 0.389. The Kier molecular flexibility index (Phi) is 7.14. The summed E-state index contributed by atoms with van der Waals surface area (Å²) in [5.74, 6) is -0.189. The molecule has 8 heteroatoms. The third-order valence-corrected chi connectivity index (χ3v) is 5.17. The summed E-state index contributed by atoms with van der Waals surface area (Å²) in [6.45, 7) is 4.05. The summed E-state index contributed by atoms with van der Waals surface area (Å²) < 4.78 is 0. The monoisotopic (exact) mass is 394 g/mol. The second-order valence-corrected chi connectivity index (χ2v) is 7.09. The van der Waals surface area contributed by atoms with E-state index in [1.165, 1.54) is 11.3 Å². The van der Waals surface area contributed by atoms with Gasteiger partial charge in [0.05, 0.1) is 5.01 Å². The second-order valence-electron chi connectivity index (χ2n) is 6.15. The van der Waals surface area contributed by atoms with E-state index in [9.17, 15) is 9.59 Å². The van der Waals surface area contributed by atoms with Crippen LogP contribution < -0.4 is 11.1 Å². The summed E-state index contributed by atoms with van der Waals surface area (Å²) in [5, 5.41) is 5.46. The minimum Gasteiger partial charge on any atom is -0.339 e. The number of hydrogen-bond acceptors (Lipinski definition) is 5. The topological polar surface area (TPSA) is 88.3 Å². The highest BCUT2D eigenvalue weighted by Crippen LogP contribution is 2.21. The van der Waals surface area contributed by atoms with Gasteiger partial charge in [-0.3, -0.25) is 9.59 Å². The average molecular weight is 395 g/mol. The smallest absolute Gasteiger partial charge is 0.275 e. The van der Waals surface area contributed by atoms with Crippen LogP contribution in [-0.2, 0) is 6.42 Å². The van der Waals surface area contributed by atoms with E-state index in [0.717, 1.165) is 36.5 Å². The van der Waals surface area contributed by atoms with Crippen molar-refractivity contribution in [2.75, 3.05) is 25.0 Å². The number of nitrogens with one attached hydrogen (secondary N) is 1. The molecule has 6 nitrogen and oxygen atoms in total. The number of carbonyl (C=O) groups is 2. The molecule has 26 heavy (non-hydrogen) atoms. The van der Waals surface area contributed by atoms with E-state index in [4.69, 9.17) is 5.73 Å². The zero-order valence-corrected chi connectivity index (χ0v) is 16.3. The molecule has 3 rings (SSSR count). The van der Waals surface area contributed by atoms with E-state index >= 15 is 0 Å². The first kappa shape index (κ1) is 20.4. The molecule has 0 bridgehead atoms. The fourth-order valence-corrected chi connectivity index (χ4v) is 3.67. The maximum atomic E-state index is 12.4. The maximum Gasteiger partial charge on any atom is 0.275 e. The summed E-state index contributed by atoms with van der Waals surface area (Å²) >= 11 is 1.44. The number of hydrogen-bond donors (Lipinski definition) is 2. The van der Waals surface area contributed by atoms with Gasteiger partial charge in [-0.1, -0.05) is 0 Å². The molecule has 2 amide bonds. The van der Waals surface area contributed by atoms with Gasteiger partial charge in [0.25, 0.3) is 11.8 Å². The predicted octanol–water partition coefficient (Wildman–Crippen LogP) is 2.86. The summed E-state index contributed by atoms with van der Waals surface area (Å²) in [7, 11) is 0. The molecule has 0 unspecified atom stereocenters. The van der Waals surface area contributed by atoms with E-state index in [2.05, 4.69) is 10.3 Å². The molecule has 0 saturated carbocycles. The minimum absolute atomic E-state index is 0. The van der Waals surface area contributed by atoms with Gasteiger partial charge in [0.15, 0.2) is 0 Å². The maximum absolute atomic E-state index is 12.4. The van der Waals surface area contributed by atoms with Crippen molar-refractivity contribution in [3.63, 3.8) is 0 Å². The lowest BCUT2D eigenvalue weighted by atomic mass is 10.1. The molecule has 1 aromatic carbocycles. The van der Waals surface area contributed by atoms with Crippen molar-refractivity contribution >= 4 is 41.2 Å². The van der Waals surface area contributed by atoms with Crippen LogP contribution in [0, 0.1) is 6.92 Å². The van der Waals surface area contributed by atoms with Gasteiger partial charge >= 0.3 is 0 Å². The first-order valence-corrected chi connectivity index (χ1v) is 9.32. The SMILES string of the molecule is Cc1cc(C(=O)N2CCCC2)ccc1NC(=O)c1csc(CCN)n1.Cl. The van der Waals surface area contributed by atoms with Crippen molar-refractivity contribution in [1.29, 1.82) is 0 Å². The van der Waals surface area contributed by atoms with Gasteiger partial charge < -0.3 is 16.0 Å². The molecule has 140 valence electrons. The minimum atomic E-state index is -0.249. The number of nitrogens with zero attached hydrogens (tertiary/aromatic N) is 2.